The summed E-state index contributed by atoms with van der Waals surface area (Å²) in [6.45, 7) is -0.0886. The first kappa shape index (κ1) is 15.4. The first-order chi connectivity index (χ1) is 11.8. The molecule has 1 aromatic rings. The average molecular weight is 322 g/mol. The molecule has 1 heterocycles. The van der Waals surface area contributed by atoms with Gasteiger partial charge in [-0.2, -0.15) is 5.26 Å². The van der Waals surface area contributed by atoms with Gasteiger partial charge in [0.05, 0.1) is 18.7 Å². The fourth-order valence-corrected chi connectivity index (χ4v) is 4.22. The monoisotopic (exact) mass is 322 g/mol. The molecule has 1 saturated heterocycles. The SMILES string of the molecule is N#C[C@@H]1[C@H](c2ccccc2C2=CCCC2)[C@H](CO)N1C(=O)C1CC1. The van der Waals surface area contributed by atoms with Gasteiger partial charge in [0.1, 0.15) is 6.04 Å². The van der Waals surface area contributed by atoms with E-state index in [4.69, 9.17) is 0 Å². The number of nitriles is 1. The van der Waals surface area contributed by atoms with Gasteiger partial charge in [-0.25, -0.2) is 0 Å². The number of hydrogen-bond donors (Lipinski definition) is 1. The maximum atomic E-state index is 12.5. The number of hydrogen-bond acceptors (Lipinski definition) is 3. The summed E-state index contributed by atoms with van der Waals surface area (Å²) in [5.74, 6) is 0.0263. The molecule has 4 nitrogen and oxygen atoms in total. The van der Waals surface area contributed by atoms with Crippen LogP contribution in [0.3, 0.4) is 0 Å². The lowest BCUT2D eigenvalue weighted by Gasteiger charge is -2.52. The minimum absolute atomic E-state index is 0.0504. The third-order valence-electron chi connectivity index (χ3n) is 5.62. The Morgan fingerprint density at radius 3 is 2.75 bits per heavy atom. The number of allylic oxidation sites excluding steroid dienone is 2. The van der Waals surface area contributed by atoms with Crippen LogP contribution in [0.25, 0.3) is 5.57 Å². The molecule has 2 fully saturated rings. The maximum absolute atomic E-state index is 12.5. The predicted molar refractivity (Wildman–Crippen MR) is 90.9 cm³/mol. The van der Waals surface area contributed by atoms with Crippen LogP contribution in [-0.4, -0.2) is 34.6 Å². The fraction of sp³-hybridized carbons (Fsp3) is 0.500. The third kappa shape index (κ3) is 2.35. The minimum atomic E-state index is -0.460. The summed E-state index contributed by atoms with van der Waals surface area (Å²) in [5.41, 5.74) is 3.64. The summed E-state index contributed by atoms with van der Waals surface area (Å²) in [5, 5.41) is 19.6. The normalized spacial score (nSPS) is 28.9. The van der Waals surface area contributed by atoms with Crippen molar-refractivity contribution in [1.82, 2.24) is 4.90 Å². The van der Waals surface area contributed by atoms with Gasteiger partial charge in [0.15, 0.2) is 0 Å². The molecule has 1 aliphatic heterocycles. The van der Waals surface area contributed by atoms with Gasteiger partial charge in [-0.15, -0.1) is 0 Å². The molecule has 1 amide bonds. The van der Waals surface area contributed by atoms with Crippen LogP contribution in [0.4, 0.5) is 0 Å². The zero-order valence-corrected chi connectivity index (χ0v) is 13.7. The highest BCUT2D eigenvalue weighted by Crippen LogP contribution is 2.46. The van der Waals surface area contributed by atoms with Crippen molar-refractivity contribution in [1.29, 1.82) is 5.26 Å². The number of rotatable bonds is 4. The van der Waals surface area contributed by atoms with Crippen molar-refractivity contribution in [3.63, 3.8) is 0 Å². The van der Waals surface area contributed by atoms with Gasteiger partial charge < -0.3 is 10.0 Å². The molecule has 2 aliphatic carbocycles. The minimum Gasteiger partial charge on any atom is -0.394 e. The van der Waals surface area contributed by atoms with Crippen LogP contribution in [0.2, 0.25) is 0 Å². The predicted octanol–water partition coefficient (Wildman–Crippen LogP) is 2.84. The first-order valence-electron chi connectivity index (χ1n) is 8.87. The van der Waals surface area contributed by atoms with Crippen molar-refractivity contribution in [2.45, 2.75) is 50.1 Å². The van der Waals surface area contributed by atoms with Crippen LogP contribution in [-0.2, 0) is 4.79 Å². The molecular weight excluding hydrogens is 300 g/mol. The molecule has 0 spiro atoms. The maximum Gasteiger partial charge on any atom is 0.227 e. The van der Waals surface area contributed by atoms with E-state index in [0.717, 1.165) is 31.2 Å². The number of carbonyl (C=O) groups is 1. The molecular formula is C20H22N2O2. The second-order valence-corrected chi connectivity index (χ2v) is 7.08. The van der Waals surface area contributed by atoms with Crippen molar-refractivity contribution in [3.8, 4) is 6.07 Å². The van der Waals surface area contributed by atoms with E-state index >= 15 is 0 Å². The van der Waals surface area contributed by atoms with Crippen LogP contribution in [0.1, 0.15) is 49.1 Å². The third-order valence-corrected chi connectivity index (χ3v) is 5.62. The standard InChI is InChI=1S/C20H22N2O2/c21-11-17-19(18(12-23)22(17)20(24)14-9-10-14)16-8-4-3-7-15(16)13-5-1-2-6-13/h3-5,7-8,14,17-19,23H,1-2,6,9-10,12H2/t17-,18+,19+/m1/s1. The van der Waals surface area contributed by atoms with Crippen LogP contribution >= 0.6 is 0 Å². The summed E-state index contributed by atoms with van der Waals surface area (Å²) in [7, 11) is 0. The summed E-state index contributed by atoms with van der Waals surface area (Å²) in [6, 6.07) is 9.78. The van der Waals surface area contributed by atoms with E-state index in [0.29, 0.717) is 0 Å². The number of benzene rings is 1. The van der Waals surface area contributed by atoms with Crippen molar-refractivity contribution >= 4 is 11.5 Å². The quantitative estimate of drug-likeness (QED) is 0.927. The molecule has 4 heteroatoms. The zero-order valence-electron chi connectivity index (χ0n) is 13.7. The number of likely N-dealkylation sites (tertiary alicyclic amines) is 1. The van der Waals surface area contributed by atoms with Gasteiger partial charge in [0, 0.05) is 11.8 Å². The zero-order chi connectivity index (χ0) is 16.7. The summed E-state index contributed by atoms with van der Waals surface area (Å²) < 4.78 is 0. The summed E-state index contributed by atoms with van der Waals surface area (Å²) >= 11 is 0. The number of carbonyl (C=O) groups excluding carboxylic acids is 1. The lowest BCUT2D eigenvalue weighted by atomic mass is 9.73. The molecule has 3 aliphatic rings. The van der Waals surface area contributed by atoms with E-state index < -0.39 is 6.04 Å². The van der Waals surface area contributed by atoms with E-state index in [1.165, 1.54) is 17.6 Å². The Morgan fingerprint density at radius 2 is 2.12 bits per heavy atom. The Labute approximate surface area is 142 Å². The molecule has 0 bridgehead atoms. The Bertz CT molecular complexity index is 729. The lowest BCUT2D eigenvalue weighted by molar-refractivity contribution is -0.148. The van der Waals surface area contributed by atoms with E-state index in [-0.39, 0.29) is 30.4 Å². The Hall–Kier alpha value is -2.12. The van der Waals surface area contributed by atoms with E-state index in [9.17, 15) is 15.2 Å². The van der Waals surface area contributed by atoms with Gasteiger partial charge in [-0.3, -0.25) is 4.79 Å². The highest BCUT2D eigenvalue weighted by atomic mass is 16.3. The van der Waals surface area contributed by atoms with E-state index in [1.54, 1.807) is 4.90 Å². The second kappa shape index (κ2) is 6.07. The smallest absolute Gasteiger partial charge is 0.227 e. The molecule has 1 N–H and O–H groups in total. The highest BCUT2D eigenvalue weighted by molar-refractivity contribution is 5.84. The summed E-state index contributed by atoms with van der Waals surface area (Å²) in [4.78, 5) is 14.1. The lowest BCUT2D eigenvalue weighted by Crippen LogP contribution is -2.65. The average Bonchev–Trinajstić information content (AvgIpc) is 3.30. The Balaban J connectivity index is 1.68. The van der Waals surface area contributed by atoms with Crippen molar-refractivity contribution in [2.75, 3.05) is 6.61 Å². The molecule has 0 aromatic heterocycles. The van der Waals surface area contributed by atoms with Crippen molar-refractivity contribution in [3.05, 3.63) is 41.5 Å². The molecule has 1 aromatic carbocycles. The Kier molecular flexibility index (Phi) is 3.90. The highest BCUT2D eigenvalue weighted by Gasteiger charge is 2.54. The Morgan fingerprint density at radius 1 is 1.33 bits per heavy atom. The number of aliphatic hydroxyl groups excluding tert-OH is 1. The van der Waals surface area contributed by atoms with Gasteiger partial charge >= 0.3 is 0 Å². The number of aliphatic hydroxyl groups is 1. The molecule has 4 rings (SSSR count). The van der Waals surface area contributed by atoms with Crippen LogP contribution in [0.15, 0.2) is 30.3 Å². The fourth-order valence-electron chi connectivity index (χ4n) is 4.22. The first-order valence-corrected chi connectivity index (χ1v) is 8.87. The largest absolute Gasteiger partial charge is 0.394 e. The van der Waals surface area contributed by atoms with Gasteiger partial charge in [0.25, 0.3) is 0 Å². The molecule has 0 unspecified atom stereocenters. The molecule has 1 saturated carbocycles. The molecule has 0 radical (unpaired) electrons. The topological polar surface area (TPSA) is 64.3 Å². The van der Waals surface area contributed by atoms with Gasteiger partial charge in [0.2, 0.25) is 5.91 Å². The van der Waals surface area contributed by atoms with Crippen molar-refractivity contribution < 1.29 is 9.90 Å². The van der Waals surface area contributed by atoms with Gasteiger partial charge in [-0.1, -0.05) is 30.3 Å². The molecule has 3 atom stereocenters. The number of nitrogens with zero attached hydrogens (tertiary/aromatic N) is 2. The van der Waals surface area contributed by atoms with Crippen LogP contribution in [0, 0.1) is 17.2 Å². The summed E-state index contributed by atoms with van der Waals surface area (Å²) in [6.07, 6.45) is 7.45. The second-order valence-electron chi connectivity index (χ2n) is 7.08. The molecule has 24 heavy (non-hydrogen) atoms. The van der Waals surface area contributed by atoms with Crippen LogP contribution < -0.4 is 0 Å². The van der Waals surface area contributed by atoms with Crippen molar-refractivity contribution in [2.24, 2.45) is 5.92 Å². The number of amides is 1. The van der Waals surface area contributed by atoms with Crippen LogP contribution in [0.5, 0.6) is 0 Å². The molecule has 124 valence electrons. The van der Waals surface area contributed by atoms with E-state index in [2.05, 4.69) is 24.3 Å². The van der Waals surface area contributed by atoms with E-state index in [1.807, 2.05) is 12.1 Å². The van der Waals surface area contributed by atoms with Gasteiger partial charge in [-0.05, 0) is 48.8 Å².